The average molecular weight is 261 g/mol. The van der Waals surface area contributed by atoms with Crippen LogP contribution in [0.15, 0.2) is 29.3 Å². The summed E-state index contributed by atoms with van der Waals surface area (Å²) in [6.07, 6.45) is 2.51. The molecule has 0 radical (unpaired) electrons. The minimum absolute atomic E-state index is 0.00200. The summed E-state index contributed by atoms with van der Waals surface area (Å²) in [4.78, 5) is 27.3. The maximum absolute atomic E-state index is 13.5. The van der Waals surface area contributed by atoms with Crippen LogP contribution in [-0.4, -0.2) is 21.5 Å². The molecule has 1 fully saturated rings. The SMILES string of the molecule is O=C1CC[C@@H](Cn2cnc3c(F)cccc3c2=O)N1. The van der Waals surface area contributed by atoms with E-state index in [0.29, 0.717) is 19.4 Å². The van der Waals surface area contributed by atoms with E-state index in [1.807, 2.05) is 0 Å². The zero-order valence-corrected chi connectivity index (χ0v) is 10.1. The van der Waals surface area contributed by atoms with Crippen molar-refractivity contribution >= 4 is 16.8 Å². The van der Waals surface area contributed by atoms with Crippen LogP contribution in [0, 0.1) is 5.82 Å². The number of benzene rings is 1. The fraction of sp³-hybridized carbons (Fsp3) is 0.308. The Hall–Kier alpha value is -2.24. The second-order valence-electron chi connectivity index (χ2n) is 4.64. The first-order chi connectivity index (χ1) is 9.15. The summed E-state index contributed by atoms with van der Waals surface area (Å²) in [6, 6.07) is 4.26. The predicted molar refractivity (Wildman–Crippen MR) is 67.1 cm³/mol. The average Bonchev–Trinajstić information content (AvgIpc) is 2.79. The lowest BCUT2D eigenvalue weighted by molar-refractivity contribution is -0.119. The Morgan fingerprint density at radius 1 is 1.42 bits per heavy atom. The van der Waals surface area contributed by atoms with Gasteiger partial charge in [0.15, 0.2) is 0 Å². The molecule has 1 aliphatic rings. The van der Waals surface area contributed by atoms with E-state index >= 15 is 0 Å². The normalized spacial score (nSPS) is 18.8. The number of nitrogens with one attached hydrogen (secondary N) is 1. The third-order valence-corrected chi connectivity index (χ3v) is 3.31. The molecule has 1 N–H and O–H groups in total. The number of carbonyl (C=O) groups excluding carboxylic acids is 1. The highest BCUT2D eigenvalue weighted by molar-refractivity contribution is 5.78. The third kappa shape index (κ3) is 2.09. The monoisotopic (exact) mass is 261 g/mol. The van der Waals surface area contributed by atoms with Crippen molar-refractivity contribution in [1.29, 1.82) is 0 Å². The highest BCUT2D eigenvalue weighted by Gasteiger charge is 2.21. The van der Waals surface area contributed by atoms with Crippen LogP contribution >= 0.6 is 0 Å². The van der Waals surface area contributed by atoms with Crippen molar-refractivity contribution in [2.75, 3.05) is 0 Å². The molecule has 2 heterocycles. The van der Waals surface area contributed by atoms with Crippen LogP contribution in [0.2, 0.25) is 0 Å². The van der Waals surface area contributed by atoms with Gasteiger partial charge in [0, 0.05) is 19.0 Å². The number of aromatic nitrogens is 2. The van der Waals surface area contributed by atoms with Gasteiger partial charge >= 0.3 is 0 Å². The zero-order valence-electron chi connectivity index (χ0n) is 10.1. The van der Waals surface area contributed by atoms with Crippen LogP contribution in [0.1, 0.15) is 12.8 Å². The van der Waals surface area contributed by atoms with E-state index in [9.17, 15) is 14.0 Å². The van der Waals surface area contributed by atoms with Gasteiger partial charge < -0.3 is 5.32 Å². The molecular weight excluding hydrogens is 249 g/mol. The van der Waals surface area contributed by atoms with Gasteiger partial charge in [0.1, 0.15) is 11.3 Å². The number of halogens is 1. The molecule has 2 aromatic rings. The van der Waals surface area contributed by atoms with Crippen molar-refractivity contribution in [1.82, 2.24) is 14.9 Å². The lowest BCUT2D eigenvalue weighted by atomic mass is 10.2. The number of fused-ring (bicyclic) bond motifs is 1. The summed E-state index contributed by atoms with van der Waals surface area (Å²) < 4.78 is 14.9. The second-order valence-corrected chi connectivity index (χ2v) is 4.64. The quantitative estimate of drug-likeness (QED) is 0.870. The summed E-state index contributed by atoms with van der Waals surface area (Å²) in [6.45, 7) is 0.365. The van der Waals surface area contributed by atoms with Gasteiger partial charge in [-0.2, -0.15) is 0 Å². The molecule has 0 saturated carbocycles. The number of hydrogen-bond acceptors (Lipinski definition) is 3. The summed E-state index contributed by atoms with van der Waals surface area (Å²) in [5.74, 6) is -0.506. The summed E-state index contributed by atoms with van der Waals surface area (Å²) in [5.41, 5.74) is -0.204. The molecule has 3 rings (SSSR count). The summed E-state index contributed by atoms with van der Waals surface area (Å²) in [5, 5.41) is 3.04. The van der Waals surface area contributed by atoms with Gasteiger partial charge in [0.25, 0.3) is 5.56 Å². The number of para-hydroxylation sites is 1. The molecule has 1 saturated heterocycles. The standard InChI is InChI=1S/C13H12FN3O2/c14-10-3-1-2-9-12(10)15-7-17(13(9)19)6-8-4-5-11(18)16-8/h1-3,7-8H,4-6H2,(H,16,18)/t8-/m0/s1. The maximum Gasteiger partial charge on any atom is 0.261 e. The van der Waals surface area contributed by atoms with Gasteiger partial charge in [-0.1, -0.05) is 6.07 Å². The Morgan fingerprint density at radius 2 is 2.26 bits per heavy atom. The molecule has 1 atom stereocenters. The third-order valence-electron chi connectivity index (χ3n) is 3.31. The number of amides is 1. The highest BCUT2D eigenvalue weighted by Crippen LogP contribution is 2.12. The van der Waals surface area contributed by atoms with Crippen LogP contribution in [-0.2, 0) is 11.3 Å². The zero-order chi connectivity index (χ0) is 13.4. The van der Waals surface area contributed by atoms with Gasteiger partial charge in [-0.3, -0.25) is 14.2 Å². The fourth-order valence-corrected chi connectivity index (χ4v) is 2.34. The lowest BCUT2D eigenvalue weighted by Crippen LogP contribution is -2.34. The largest absolute Gasteiger partial charge is 0.352 e. The van der Waals surface area contributed by atoms with E-state index in [0.717, 1.165) is 0 Å². The van der Waals surface area contributed by atoms with E-state index in [1.54, 1.807) is 6.07 Å². The van der Waals surface area contributed by atoms with Crippen LogP contribution in [0.4, 0.5) is 4.39 Å². The van der Waals surface area contributed by atoms with E-state index in [1.165, 1.54) is 23.0 Å². The van der Waals surface area contributed by atoms with Crippen molar-refractivity contribution in [3.8, 4) is 0 Å². The van der Waals surface area contributed by atoms with Gasteiger partial charge in [-0.25, -0.2) is 9.37 Å². The minimum Gasteiger partial charge on any atom is -0.352 e. The molecule has 0 spiro atoms. The highest BCUT2D eigenvalue weighted by atomic mass is 19.1. The molecule has 0 unspecified atom stereocenters. The first-order valence-electron chi connectivity index (χ1n) is 6.08. The van der Waals surface area contributed by atoms with Crippen molar-refractivity contribution < 1.29 is 9.18 Å². The van der Waals surface area contributed by atoms with Crippen molar-refractivity contribution in [2.24, 2.45) is 0 Å². The van der Waals surface area contributed by atoms with Crippen LogP contribution in [0.25, 0.3) is 10.9 Å². The van der Waals surface area contributed by atoms with Crippen LogP contribution in [0.5, 0.6) is 0 Å². The fourth-order valence-electron chi connectivity index (χ4n) is 2.34. The van der Waals surface area contributed by atoms with Gasteiger partial charge in [0.05, 0.1) is 11.7 Å². The molecule has 0 aliphatic carbocycles. The molecule has 1 amide bonds. The summed E-state index contributed by atoms with van der Waals surface area (Å²) >= 11 is 0. The molecule has 6 heteroatoms. The van der Waals surface area contributed by atoms with Gasteiger partial charge in [-0.15, -0.1) is 0 Å². The van der Waals surface area contributed by atoms with E-state index < -0.39 is 5.82 Å². The summed E-state index contributed by atoms with van der Waals surface area (Å²) in [7, 11) is 0. The number of rotatable bonds is 2. The number of hydrogen-bond donors (Lipinski definition) is 1. The Bertz CT molecular complexity index is 711. The second kappa shape index (κ2) is 4.46. The minimum atomic E-state index is -0.504. The topological polar surface area (TPSA) is 64.0 Å². The molecule has 98 valence electrons. The molecule has 19 heavy (non-hydrogen) atoms. The van der Waals surface area contributed by atoms with Gasteiger partial charge in [0.2, 0.25) is 5.91 Å². The first-order valence-corrected chi connectivity index (χ1v) is 6.08. The Balaban J connectivity index is 1.99. The van der Waals surface area contributed by atoms with E-state index in [2.05, 4.69) is 10.3 Å². The van der Waals surface area contributed by atoms with Crippen molar-refractivity contribution in [2.45, 2.75) is 25.4 Å². The maximum atomic E-state index is 13.5. The predicted octanol–water partition coefficient (Wildman–Crippen LogP) is 0.814. The lowest BCUT2D eigenvalue weighted by Gasteiger charge is -2.12. The van der Waals surface area contributed by atoms with Crippen molar-refractivity contribution in [3.05, 3.63) is 40.7 Å². The number of carbonyl (C=O) groups is 1. The molecule has 0 bridgehead atoms. The molecule has 1 aromatic carbocycles. The van der Waals surface area contributed by atoms with Crippen LogP contribution < -0.4 is 10.9 Å². The van der Waals surface area contributed by atoms with Crippen LogP contribution in [0.3, 0.4) is 0 Å². The van der Waals surface area contributed by atoms with Crippen molar-refractivity contribution in [3.63, 3.8) is 0 Å². The molecular formula is C13H12FN3O2. The first kappa shape index (κ1) is 11.8. The Kier molecular flexibility index (Phi) is 2.77. The Morgan fingerprint density at radius 3 is 3.00 bits per heavy atom. The molecule has 5 nitrogen and oxygen atoms in total. The van der Waals surface area contributed by atoms with E-state index in [4.69, 9.17) is 0 Å². The Labute approximate surface area is 108 Å². The smallest absolute Gasteiger partial charge is 0.261 e. The van der Waals surface area contributed by atoms with E-state index in [-0.39, 0.29) is 28.4 Å². The molecule has 1 aliphatic heterocycles. The molecule has 1 aromatic heterocycles. The number of nitrogens with zero attached hydrogens (tertiary/aromatic N) is 2. The van der Waals surface area contributed by atoms with Gasteiger partial charge in [-0.05, 0) is 18.6 Å².